The third-order valence-corrected chi connectivity index (χ3v) is 6.41. The van der Waals surface area contributed by atoms with Crippen LogP contribution in [0.4, 0.5) is 0 Å². The molecular formula is C21H17N5O2S2. The summed E-state index contributed by atoms with van der Waals surface area (Å²) in [5, 5.41) is 7.70. The fourth-order valence-corrected chi connectivity index (χ4v) is 4.79. The minimum Gasteiger partial charge on any atom is -0.486 e. The van der Waals surface area contributed by atoms with E-state index in [1.807, 2.05) is 55.5 Å². The highest BCUT2D eigenvalue weighted by atomic mass is 32.2. The number of aryl methyl sites for hydroxylation is 1. The number of thioether (sulfide) groups is 1. The molecule has 5 rings (SSSR count). The maximum absolute atomic E-state index is 12.6. The minimum absolute atomic E-state index is 0.0739. The van der Waals surface area contributed by atoms with Gasteiger partial charge in [-0.25, -0.2) is 9.97 Å². The molecule has 0 saturated heterocycles. The van der Waals surface area contributed by atoms with E-state index in [1.165, 1.54) is 28.7 Å². The topological polar surface area (TPSA) is 85.2 Å². The molecule has 1 N–H and O–H groups in total. The van der Waals surface area contributed by atoms with Crippen LogP contribution < -0.4 is 10.3 Å². The maximum atomic E-state index is 12.6. The highest BCUT2D eigenvalue weighted by Gasteiger charge is 2.11. The standard InChI is InChI=1S/C21H17N5O2S2/c1-13-6-8-15(9-7-13)28-11-18-23-20(25-24-18)29-12-14-10-19(27)26-16-4-2-3-5-17(16)30-21(26)22-14/h2-10H,11-12H2,1H3,(H,23,24,25). The second-order valence-electron chi connectivity index (χ2n) is 6.73. The van der Waals surface area contributed by atoms with E-state index in [9.17, 15) is 4.79 Å². The van der Waals surface area contributed by atoms with Gasteiger partial charge in [0.2, 0.25) is 5.16 Å². The van der Waals surface area contributed by atoms with Crippen LogP contribution in [0.25, 0.3) is 15.2 Å². The lowest BCUT2D eigenvalue weighted by molar-refractivity contribution is 0.296. The van der Waals surface area contributed by atoms with Crippen LogP contribution in [0.2, 0.25) is 0 Å². The van der Waals surface area contributed by atoms with Crippen LogP contribution in [0.15, 0.2) is 64.5 Å². The summed E-state index contributed by atoms with van der Waals surface area (Å²) in [4.78, 5) is 22.4. The average molecular weight is 436 g/mol. The Hall–Kier alpha value is -3.17. The van der Waals surface area contributed by atoms with Gasteiger partial charge in [0.25, 0.3) is 5.56 Å². The van der Waals surface area contributed by atoms with E-state index in [4.69, 9.17) is 4.74 Å². The Balaban J connectivity index is 1.27. The number of H-pyrrole nitrogens is 1. The Morgan fingerprint density at radius 3 is 2.83 bits per heavy atom. The molecule has 0 aliphatic carbocycles. The summed E-state index contributed by atoms with van der Waals surface area (Å²) in [5.41, 5.74) is 2.71. The number of hydrogen-bond acceptors (Lipinski definition) is 7. The van der Waals surface area contributed by atoms with Crippen molar-refractivity contribution >= 4 is 38.3 Å². The number of rotatable bonds is 6. The number of nitrogens with zero attached hydrogens (tertiary/aromatic N) is 4. The second-order valence-corrected chi connectivity index (χ2v) is 8.68. The SMILES string of the molecule is Cc1ccc(OCc2nc(SCc3cc(=O)n4c(n3)sc3ccccc34)n[nH]2)cc1. The summed E-state index contributed by atoms with van der Waals surface area (Å²) in [6.45, 7) is 2.34. The number of aromatic nitrogens is 5. The Labute approximate surface area is 179 Å². The van der Waals surface area contributed by atoms with Gasteiger partial charge in [0, 0.05) is 11.8 Å². The Kier molecular flexibility index (Phi) is 4.97. The van der Waals surface area contributed by atoms with Crippen LogP contribution in [-0.4, -0.2) is 24.6 Å². The third kappa shape index (κ3) is 3.81. The van der Waals surface area contributed by atoms with Crippen LogP contribution in [0, 0.1) is 6.92 Å². The molecule has 0 radical (unpaired) electrons. The lowest BCUT2D eigenvalue weighted by atomic mass is 10.2. The van der Waals surface area contributed by atoms with Crippen molar-refractivity contribution in [1.29, 1.82) is 0 Å². The lowest BCUT2D eigenvalue weighted by Gasteiger charge is -2.03. The van der Waals surface area contributed by atoms with Gasteiger partial charge in [-0.2, -0.15) is 0 Å². The number of fused-ring (bicyclic) bond motifs is 3. The number of nitrogens with one attached hydrogen (secondary N) is 1. The van der Waals surface area contributed by atoms with Crippen LogP contribution >= 0.6 is 23.1 Å². The molecule has 3 heterocycles. The first-order chi connectivity index (χ1) is 14.7. The Morgan fingerprint density at radius 2 is 1.97 bits per heavy atom. The van der Waals surface area contributed by atoms with E-state index in [0.29, 0.717) is 34.0 Å². The van der Waals surface area contributed by atoms with Gasteiger partial charge in [-0.05, 0) is 31.2 Å². The normalized spacial score (nSPS) is 11.4. The highest BCUT2D eigenvalue weighted by Crippen LogP contribution is 2.25. The summed E-state index contributed by atoms with van der Waals surface area (Å²) >= 11 is 2.94. The number of benzene rings is 2. The fourth-order valence-electron chi connectivity index (χ4n) is 3.03. The van der Waals surface area contributed by atoms with E-state index in [-0.39, 0.29) is 5.56 Å². The molecule has 2 aromatic carbocycles. The molecule has 30 heavy (non-hydrogen) atoms. The molecule has 150 valence electrons. The predicted octanol–water partition coefficient (Wildman–Crippen LogP) is 4.21. The van der Waals surface area contributed by atoms with Gasteiger partial charge in [-0.3, -0.25) is 14.3 Å². The largest absolute Gasteiger partial charge is 0.486 e. The average Bonchev–Trinajstić information content (AvgIpc) is 3.36. The van der Waals surface area contributed by atoms with Crippen molar-refractivity contribution in [2.45, 2.75) is 24.4 Å². The Bertz CT molecular complexity index is 1390. The molecule has 5 aromatic rings. The molecule has 0 bridgehead atoms. The van der Waals surface area contributed by atoms with E-state index >= 15 is 0 Å². The molecule has 0 aliphatic rings. The monoisotopic (exact) mass is 435 g/mol. The van der Waals surface area contributed by atoms with Crippen molar-refractivity contribution in [1.82, 2.24) is 24.6 Å². The van der Waals surface area contributed by atoms with Crippen molar-refractivity contribution in [3.8, 4) is 5.75 Å². The third-order valence-electron chi connectivity index (χ3n) is 4.51. The zero-order chi connectivity index (χ0) is 20.5. The summed E-state index contributed by atoms with van der Waals surface area (Å²) in [7, 11) is 0. The van der Waals surface area contributed by atoms with Gasteiger partial charge >= 0.3 is 0 Å². The van der Waals surface area contributed by atoms with Crippen molar-refractivity contribution in [2.24, 2.45) is 0 Å². The quantitative estimate of drug-likeness (QED) is 0.402. The molecule has 0 unspecified atom stereocenters. The molecule has 0 aliphatic heterocycles. The second kappa shape index (κ2) is 7.92. The van der Waals surface area contributed by atoms with Crippen molar-refractivity contribution in [3.05, 3.63) is 82.0 Å². The molecular weight excluding hydrogens is 418 g/mol. The van der Waals surface area contributed by atoms with Crippen LogP contribution in [-0.2, 0) is 12.4 Å². The highest BCUT2D eigenvalue weighted by molar-refractivity contribution is 7.98. The van der Waals surface area contributed by atoms with Gasteiger partial charge in [-0.15, -0.1) is 5.10 Å². The number of para-hydroxylation sites is 1. The molecule has 0 fully saturated rings. The van der Waals surface area contributed by atoms with Crippen molar-refractivity contribution in [2.75, 3.05) is 0 Å². The Morgan fingerprint density at radius 1 is 1.13 bits per heavy atom. The first-order valence-electron chi connectivity index (χ1n) is 9.29. The summed E-state index contributed by atoms with van der Waals surface area (Å²) in [6.07, 6.45) is 0. The summed E-state index contributed by atoms with van der Waals surface area (Å²) in [5.74, 6) is 1.94. The van der Waals surface area contributed by atoms with Gasteiger partial charge in [-0.1, -0.05) is 52.9 Å². The summed E-state index contributed by atoms with van der Waals surface area (Å²) < 4.78 is 8.41. The number of thiazole rings is 1. The molecule has 0 atom stereocenters. The van der Waals surface area contributed by atoms with Crippen molar-refractivity contribution in [3.63, 3.8) is 0 Å². The van der Waals surface area contributed by atoms with E-state index < -0.39 is 0 Å². The smallest absolute Gasteiger partial charge is 0.259 e. The van der Waals surface area contributed by atoms with Gasteiger partial charge in [0.1, 0.15) is 12.4 Å². The van der Waals surface area contributed by atoms with Gasteiger partial charge in [0.15, 0.2) is 10.8 Å². The van der Waals surface area contributed by atoms with Crippen LogP contribution in [0.3, 0.4) is 0 Å². The van der Waals surface area contributed by atoms with E-state index in [0.717, 1.165) is 16.0 Å². The predicted molar refractivity (Wildman–Crippen MR) is 118 cm³/mol. The maximum Gasteiger partial charge on any atom is 0.259 e. The molecule has 3 aromatic heterocycles. The molecule has 7 nitrogen and oxygen atoms in total. The van der Waals surface area contributed by atoms with Crippen molar-refractivity contribution < 1.29 is 4.74 Å². The number of ether oxygens (including phenoxy) is 1. The van der Waals surface area contributed by atoms with Crippen LogP contribution in [0.5, 0.6) is 5.75 Å². The molecule has 9 heteroatoms. The van der Waals surface area contributed by atoms with Gasteiger partial charge in [0.05, 0.1) is 15.9 Å². The first kappa shape index (κ1) is 18.8. The van der Waals surface area contributed by atoms with Gasteiger partial charge < -0.3 is 4.74 Å². The van der Waals surface area contributed by atoms with E-state index in [1.54, 1.807) is 10.5 Å². The summed E-state index contributed by atoms with van der Waals surface area (Å²) in [6, 6.07) is 17.2. The zero-order valence-corrected chi connectivity index (χ0v) is 17.7. The molecule has 0 saturated carbocycles. The molecule has 0 amide bonds. The first-order valence-corrected chi connectivity index (χ1v) is 11.1. The minimum atomic E-state index is -0.0739. The number of aromatic amines is 1. The molecule has 0 spiro atoms. The lowest BCUT2D eigenvalue weighted by Crippen LogP contribution is -2.13. The fraction of sp³-hybridized carbons (Fsp3) is 0.143. The number of hydrogen-bond donors (Lipinski definition) is 1. The van der Waals surface area contributed by atoms with Crippen LogP contribution in [0.1, 0.15) is 17.1 Å². The van der Waals surface area contributed by atoms with E-state index in [2.05, 4.69) is 20.2 Å². The zero-order valence-electron chi connectivity index (χ0n) is 16.0.